The first kappa shape index (κ1) is 14.6. The molecule has 1 N–H and O–H groups in total. The summed E-state index contributed by atoms with van der Waals surface area (Å²) in [5.74, 6) is 1.04. The van der Waals surface area contributed by atoms with E-state index < -0.39 is 14.6 Å². The van der Waals surface area contributed by atoms with Gasteiger partial charge in [0.15, 0.2) is 15.8 Å². The van der Waals surface area contributed by atoms with Crippen molar-refractivity contribution in [1.82, 2.24) is 10.2 Å². The Balaban J connectivity index is 2.01. The van der Waals surface area contributed by atoms with Gasteiger partial charge in [0.25, 0.3) is 0 Å². The maximum absolute atomic E-state index is 12.0. The second-order valence-corrected chi connectivity index (χ2v) is 9.45. The van der Waals surface area contributed by atoms with Gasteiger partial charge in [-0.15, -0.1) is 0 Å². The SMILES string of the molecule is CN=C(NCC1(C)CC1)N1CCS(=O)(=O)C(C)(C)C1. The van der Waals surface area contributed by atoms with Crippen LogP contribution >= 0.6 is 0 Å². The van der Waals surface area contributed by atoms with Crippen molar-refractivity contribution in [2.75, 3.05) is 32.4 Å². The number of sulfone groups is 1. The van der Waals surface area contributed by atoms with E-state index in [1.807, 2.05) is 0 Å². The Bertz CT molecular complexity index is 478. The standard InChI is InChI=1S/C13H25N3O2S/c1-12(2)10-16(7-8-19(12,17)18)11(14-4)15-9-13(3)5-6-13/h5-10H2,1-4H3,(H,14,15). The van der Waals surface area contributed by atoms with E-state index in [4.69, 9.17) is 0 Å². The lowest BCUT2D eigenvalue weighted by Crippen LogP contribution is -2.57. The van der Waals surface area contributed by atoms with Gasteiger partial charge in [-0.3, -0.25) is 4.99 Å². The van der Waals surface area contributed by atoms with Gasteiger partial charge in [-0.2, -0.15) is 0 Å². The molecule has 1 saturated carbocycles. The Hall–Kier alpha value is -0.780. The van der Waals surface area contributed by atoms with Crippen LogP contribution in [0, 0.1) is 5.41 Å². The van der Waals surface area contributed by atoms with Crippen LogP contribution in [0.1, 0.15) is 33.6 Å². The molecule has 1 saturated heterocycles. The summed E-state index contributed by atoms with van der Waals surface area (Å²) in [6.07, 6.45) is 2.52. The molecule has 0 atom stereocenters. The highest BCUT2D eigenvalue weighted by atomic mass is 32.2. The summed E-state index contributed by atoms with van der Waals surface area (Å²) in [6.45, 7) is 7.81. The summed E-state index contributed by atoms with van der Waals surface area (Å²) < 4.78 is 23.3. The molecule has 0 unspecified atom stereocenters. The van der Waals surface area contributed by atoms with Gasteiger partial charge in [-0.05, 0) is 32.1 Å². The predicted octanol–water partition coefficient (Wildman–Crippen LogP) is 0.871. The average molecular weight is 287 g/mol. The van der Waals surface area contributed by atoms with Gasteiger partial charge < -0.3 is 10.2 Å². The van der Waals surface area contributed by atoms with Crippen LogP contribution in [0.3, 0.4) is 0 Å². The fourth-order valence-electron chi connectivity index (χ4n) is 2.34. The van der Waals surface area contributed by atoms with E-state index in [1.165, 1.54) is 12.8 Å². The molecule has 2 aliphatic rings. The molecule has 0 spiro atoms. The van der Waals surface area contributed by atoms with E-state index in [2.05, 4.69) is 22.1 Å². The summed E-state index contributed by atoms with van der Waals surface area (Å²) in [7, 11) is -1.23. The normalized spacial score (nSPS) is 28.0. The molecule has 2 rings (SSSR count). The minimum atomic E-state index is -2.99. The minimum Gasteiger partial charge on any atom is -0.356 e. The first-order valence-electron chi connectivity index (χ1n) is 6.87. The number of rotatable bonds is 2. The first-order valence-corrected chi connectivity index (χ1v) is 8.52. The summed E-state index contributed by atoms with van der Waals surface area (Å²) >= 11 is 0. The number of nitrogens with one attached hydrogen (secondary N) is 1. The average Bonchev–Trinajstić information content (AvgIpc) is 3.03. The lowest BCUT2D eigenvalue weighted by Gasteiger charge is -2.39. The highest BCUT2D eigenvalue weighted by Crippen LogP contribution is 2.44. The number of nitrogens with zero attached hydrogens (tertiary/aromatic N) is 2. The molecule has 0 aromatic heterocycles. The van der Waals surface area contributed by atoms with E-state index in [0.29, 0.717) is 18.5 Å². The largest absolute Gasteiger partial charge is 0.356 e. The van der Waals surface area contributed by atoms with Crippen LogP contribution in [0.15, 0.2) is 4.99 Å². The molecule has 5 nitrogen and oxygen atoms in total. The zero-order chi connectivity index (χ0) is 14.3. The highest BCUT2D eigenvalue weighted by molar-refractivity contribution is 7.92. The van der Waals surface area contributed by atoms with Crippen LogP contribution in [0.4, 0.5) is 0 Å². The van der Waals surface area contributed by atoms with E-state index in [9.17, 15) is 8.42 Å². The van der Waals surface area contributed by atoms with Crippen LogP contribution < -0.4 is 5.32 Å². The van der Waals surface area contributed by atoms with Crippen molar-refractivity contribution in [3.8, 4) is 0 Å². The van der Waals surface area contributed by atoms with Crippen molar-refractivity contribution in [3.05, 3.63) is 0 Å². The Morgan fingerprint density at radius 2 is 1.95 bits per heavy atom. The van der Waals surface area contributed by atoms with Gasteiger partial charge >= 0.3 is 0 Å². The zero-order valence-corrected chi connectivity index (χ0v) is 13.2. The molecule has 110 valence electrons. The molecule has 6 heteroatoms. The molecular formula is C13H25N3O2S. The molecule has 19 heavy (non-hydrogen) atoms. The summed E-state index contributed by atoms with van der Waals surface area (Å²) in [4.78, 5) is 6.35. The van der Waals surface area contributed by atoms with Crippen molar-refractivity contribution < 1.29 is 8.42 Å². The van der Waals surface area contributed by atoms with Gasteiger partial charge in [0.1, 0.15) is 0 Å². The van der Waals surface area contributed by atoms with E-state index >= 15 is 0 Å². The lowest BCUT2D eigenvalue weighted by atomic mass is 10.1. The molecule has 0 aromatic carbocycles. The third kappa shape index (κ3) is 3.04. The van der Waals surface area contributed by atoms with Crippen LogP contribution in [0.25, 0.3) is 0 Å². The zero-order valence-electron chi connectivity index (χ0n) is 12.4. The minimum absolute atomic E-state index is 0.206. The Kier molecular flexibility index (Phi) is 3.58. The van der Waals surface area contributed by atoms with E-state index in [-0.39, 0.29) is 5.75 Å². The molecule has 0 aromatic rings. The smallest absolute Gasteiger partial charge is 0.193 e. The predicted molar refractivity (Wildman–Crippen MR) is 78.1 cm³/mol. The van der Waals surface area contributed by atoms with E-state index in [1.54, 1.807) is 20.9 Å². The Morgan fingerprint density at radius 1 is 1.32 bits per heavy atom. The van der Waals surface area contributed by atoms with Gasteiger partial charge in [-0.25, -0.2) is 8.42 Å². The summed E-state index contributed by atoms with van der Waals surface area (Å²) in [6, 6.07) is 0. The number of hydrogen-bond acceptors (Lipinski definition) is 3. The number of hydrogen-bond donors (Lipinski definition) is 1. The fraction of sp³-hybridized carbons (Fsp3) is 0.923. The lowest BCUT2D eigenvalue weighted by molar-refractivity contribution is 0.350. The van der Waals surface area contributed by atoms with Crippen molar-refractivity contribution >= 4 is 15.8 Å². The number of guanidine groups is 1. The van der Waals surface area contributed by atoms with Crippen molar-refractivity contribution in [2.45, 2.75) is 38.4 Å². The highest BCUT2D eigenvalue weighted by Gasteiger charge is 2.42. The third-order valence-corrected chi connectivity index (χ3v) is 6.86. The van der Waals surface area contributed by atoms with Crippen LogP contribution in [0.5, 0.6) is 0 Å². The molecule has 1 aliphatic carbocycles. The van der Waals surface area contributed by atoms with Crippen molar-refractivity contribution in [2.24, 2.45) is 10.4 Å². The Morgan fingerprint density at radius 3 is 2.42 bits per heavy atom. The second kappa shape index (κ2) is 4.65. The second-order valence-electron chi connectivity index (χ2n) is 6.71. The number of aliphatic imine (C=N–C) groups is 1. The topological polar surface area (TPSA) is 61.8 Å². The molecule has 1 aliphatic heterocycles. The molecule has 0 radical (unpaired) electrons. The molecule has 0 amide bonds. The summed E-state index contributed by atoms with van der Waals surface area (Å²) in [5.41, 5.74) is 0.410. The van der Waals surface area contributed by atoms with Crippen LogP contribution in [-0.4, -0.2) is 56.5 Å². The Labute approximate surface area is 116 Å². The van der Waals surface area contributed by atoms with Crippen molar-refractivity contribution in [3.63, 3.8) is 0 Å². The third-order valence-electron chi connectivity index (χ3n) is 4.33. The molecule has 1 heterocycles. The van der Waals surface area contributed by atoms with Crippen molar-refractivity contribution in [1.29, 1.82) is 0 Å². The van der Waals surface area contributed by atoms with Crippen LogP contribution in [0.2, 0.25) is 0 Å². The fourth-order valence-corrected chi connectivity index (χ4v) is 3.71. The monoisotopic (exact) mass is 287 g/mol. The molecular weight excluding hydrogens is 262 g/mol. The quantitative estimate of drug-likeness (QED) is 0.605. The molecule has 0 bridgehead atoms. The van der Waals surface area contributed by atoms with Gasteiger partial charge in [-0.1, -0.05) is 6.92 Å². The first-order chi connectivity index (χ1) is 8.69. The molecule has 2 fully saturated rings. The van der Waals surface area contributed by atoms with Gasteiger partial charge in [0, 0.05) is 26.7 Å². The summed E-state index contributed by atoms with van der Waals surface area (Å²) in [5, 5.41) is 3.39. The van der Waals surface area contributed by atoms with Crippen LogP contribution in [-0.2, 0) is 9.84 Å². The van der Waals surface area contributed by atoms with E-state index in [0.717, 1.165) is 12.5 Å². The maximum atomic E-state index is 12.0. The van der Waals surface area contributed by atoms with Gasteiger partial charge in [0.2, 0.25) is 0 Å². The van der Waals surface area contributed by atoms with Gasteiger partial charge in [0.05, 0.1) is 10.5 Å². The maximum Gasteiger partial charge on any atom is 0.193 e.